The Labute approximate surface area is 116 Å². The molecule has 0 unspecified atom stereocenters. The highest BCUT2D eigenvalue weighted by Gasteiger charge is 2.15. The Morgan fingerprint density at radius 1 is 1.35 bits per heavy atom. The smallest absolute Gasteiger partial charge is 0.339 e. The number of unbranched alkanes of at least 4 members (excludes halogenated alkanes) is 1. The van der Waals surface area contributed by atoms with Gasteiger partial charge in [-0.25, -0.2) is 14.8 Å². The van der Waals surface area contributed by atoms with Crippen molar-refractivity contribution in [3.05, 3.63) is 36.3 Å². The minimum absolute atomic E-state index is 0.0808. The van der Waals surface area contributed by atoms with Gasteiger partial charge in [0, 0.05) is 30.7 Å². The van der Waals surface area contributed by atoms with Gasteiger partial charge < -0.3 is 10.4 Å². The predicted molar refractivity (Wildman–Crippen MR) is 75.6 cm³/mol. The van der Waals surface area contributed by atoms with Gasteiger partial charge >= 0.3 is 5.97 Å². The number of carboxylic acid groups (broad SMARTS) is 1. The lowest BCUT2D eigenvalue weighted by Crippen LogP contribution is -2.09. The maximum absolute atomic E-state index is 11.3. The molecular weight excluding hydrogens is 256 g/mol. The fourth-order valence-corrected chi connectivity index (χ4v) is 1.73. The van der Waals surface area contributed by atoms with Crippen molar-refractivity contribution in [2.45, 2.75) is 19.8 Å². The predicted octanol–water partition coefficient (Wildman–Crippen LogP) is 2.45. The summed E-state index contributed by atoms with van der Waals surface area (Å²) in [5, 5.41) is 12.3. The number of hydrogen-bond donors (Lipinski definition) is 2. The molecule has 6 nitrogen and oxygen atoms in total. The van der Waals surface area contributed by atoms with Crippen LogP contribution in [-0.2, 0) is 0 Å². The molecule has 20 heavy (non-hydrogen) atoms. The lowest BCUT2D eigenvalue weighted by Gasteiger charge is -2.08. The van der Waals surface area contributed by atoms with Crippen molar-refractivity contribution in [2.75, 3.05) is 11.9 Å². The minimum Gasteiger partial charge on any atom is -0.478 e. The first kappa shape index (κ1) is 13.9. The van der Waals surface area contributed by atoms with Crippen molar-refractivity contribution >= 4 is 11.9 Å². The van der Waals surface area contributed by atoms with Crippen LogP contribution < -0.4 is 5.32 Å². The van der Waals surface area contributed by atoms with Crippen LogP contribution in [0.3, 0.4) is 0 Å². The van der Waals surface area contributed by atoms with E-state index in [1.807, 2.05) is 0 Å². The Bertz CT molecular complexity index is 587. The summed E-state index contributed by atoms with van der Waals surface area (Å²) in [6.07, 6.45) is 6.62. The van der Waals surface area contributed by atoms with Crippen LogP contribution in [0.1, 0.15) is 30.1 Å². The van der Waals surface area contributed by atoms with Gasteiger partial charge in [0.15, 0.2) is 0 Å². The normalized spacial score (nSPS) is 10.2. The van der Waals surface area contributed by atoms with Crippen LogP contribution in [0, 0.1) is 0 Å². The number of nitrogens with zero attached hydrogens (tertiary/aromatic N) is 3. The lowest BCUT2D eigenvalue weighted by atomic mass is 10.1. The van der Waals surface area contributed by atoms with Gasteiger partial charge in [-0.3, -0.25) is 4.98 Å². The Kier molecular flexibility index (Phi) is 4.60. The monoisotopic (exact) mass is 272 g/mol. The zero-order valence-electron chi connectivity index (χ0n) is 11.2. The Balaban J connectivity index is 2.35. The molecule has 0 aromatic carbocycles. The zero-order valence-corrected chi connectivity index (χ0v) is 11.2. The van der Waals surface area contributed by atoms with Gasteiger partial charge in [0.05, 0.1) is 5.69 Å². The molecule has 0 saturated heterocycles. The van der Waals surface area contributed by atoms with E-state index < -0.39 is 5.97 Å². The van der Waals surface area contributed by atoms with Crippen molar-refractivity contribution in [3.8, 4) is 11.3 Å². The van der Waals surface area contributed by atoms with E-state index in [4.69, 9.17) is 0 Å². The van der Waals surface area contributed by atoms with E-state index in [9.17, 15) is 9.90 Å². The molecule has 0 aliphatic heterocycles. The van der Waals surface area contributed by atoms with Crippen LogP contribution in [0.4, 0.5) is 5.95 Å². The van der Waals surface area contributed by atoms with Crippen LogP contribution in [0.2, 0.25) is 0 Å². The van der Waals surface area contributed by atoms with Crippen LogP contribution in [-0.4, -0.2) is 32.6 Å². The first-order valence-corrected chi connectivity index (χ1v) is 6.47. The summed E-state index contributed by atoms with van der Waals surface area (Å²) in [6, 6.07) is 3.45. The Hall–Kier alpha value is -2.50. The molecule has 2 rings (SSSR count). The van der Waals surface area contributed by atoms with Gasteiger partial charge in [0.2, 0.25) is 5.95 Å². The van der Waals surface area contributed by atoms with Gasteiger partial charge in [-0.05, 0) is 18.6 Å². The van der Waals surface area contributed by atoms with Crippen LogP contribution in [0.15, 0.2) is 30.7 Å². The summed E-state index contributed by atoms with van der Waals surface area (Å²) >= 11 is 0. The van der Waals surface area contributed by atoms with E-state index in [1.54, 1.807) is 24.5 Å². The molecule has 0 bridgehead atoms. The second-order valence-corrected chi connectivity index (χ2v) is 4.28. The van der Waals surface area contributed by atoms with Gasteiger partial charge in [-0.1, -0.05) is 13.3 Å². The molecule has 2 aromatic rings. The van der Waals surface area contributed by atoms with Crippen LogP contribution >= 0.6 is 0 Å². The van der Waals surface area contributed by atoms with E-state index in [0.29, 0.717) is 17.2 Å². The second kappa shape index (κ2) is 6.60. The second-order valence-electron chi connectivity index (χ2n) is 4.28. The third-order valence-electron chi connectivity index (χ3n) is 2.79. The van der Waals surface area contributed by atoms with E-state index >= 15 is 0 Å². The van der Waals surface area contributed by atoms with E-state index in [2.05, 4.69) is 27.2 Å². The van der Waals surface area contributed by atoms with Crippen molar-refractivity contribution in [3.63, 3.8) is 0 Å². The number of anilines is 1. The highest BCUT2D eigenvalue weighted by atomic mass is 16.4. The molecular formula is C14H16N4O2. The summed E-state index contributed by atoms with van der Waals surface area (Å²) in [6.45, 7) is 2.86. The first-order valence-electron chi connectivity index (χ1n) is 6.47. The van der Waals surface area contributed by atoms with E-state index in [0.717, 1.165) is 19.4 Å². The fourth-order valence-electron chi connectivity index (χ4n) is 1.73. The zero-order chi connectivity index (χ0) is 14.4. The molecule has 104 valence electrons. The average Bonchev–Trinajstić information content (AvgIpc) is 2.48. The van der Waals surface area contributed by atoms with Gasteiger partial charge in [0.1, 0.15) is 5.56 Å². The van der Waals surface area contributed by atoms with Crippen molar-refractivity contribution < 1.29 is 9.90 Å². The van der Waals surface area contributed by atoms with Gasteiger partial charge in [0.25, 0.3) is 0 Å². The van der Waals surface area contributed by atoms with E-state index in [1.165, 1.54) is 6.20 Å². The van der Waals surface area contributed by atoms with Crippen LogP contribution in [0.25, 0.3) is 11.3 Å². The maximum atomic E-state index is 11.3. The van der Waals surface area contributed by atoms with Crippen molar-refractivity contribution in [2.24, 2.45) is 0 Å². The molecule has 0 aliphatic carbocycles. The highest BCUT2D eigenvalue weighted by molar-refractivity contribution is 5.94. The first-order chi connectivity index (χ1) is 9.72. The molecule has 0 saturated carbocycles. The standard InChI is InChI=1S/C14H16N4O2/c1-2-3-6-16-14-17-9-11(13(19)20)12(18-14)10-4-7-15-8-5-10/h4-5,7-9H,2-3,6H2,1H3,(H,19,20)(H,16,17,18). The summed E-state index contributed by atoms with van der Waals surface area (Å²) in [7, 11) is 0. The largest absolute Gasteiger partial charge is 0.478 e. The lowest BCUT2D eigenvalue weighted by molar-refractivity contribution is 0.0697. The average molecular weight is 272 g/mol. The maximum Gasteiger partial charge on any atom is 0.339 e. The molecule has 0 atom stereocenters. The number of aromatic nitrogens is 3. The molecule has 2 N–H and O–H groups in total. The minimum atomic E-state index is -1.04. The summed E-state index contributed by atoms with van der Waals surface area (Å²) in [4.78, 5) is 23.5. The third kappa shape index (κ3) is 3.28. The summed E-state index contributed by atoms with van der Waals surface area (Å²) in [5.41, 5.74) is 1.18. The van der Waals surface area contributed by atoms with Crippen molar-refractivity contribution in [1.82, 2.24) is 15.0 Å². The number of aromatic carboxylic acids is 1. The number of rotatable bonds is 6. The molecule has 6 heteroatoms. The van der Waals surface area contributed by atoms with E-state index in [-0.39, 0.29) is 5.56 Å². The highest BCUT2D eigenvalue weighted by Crippen LogP contribution is 2.21. The topological polar surface area (TPSA) is 88.0 Å². The van der Waals surface area contributed by atoms with Crippen molar-refractivity contribution in [1.29, 1.82) is 0 Å². The number of pyridine rings is 1. The Morgan fingerprint density at radius 2 is 2.10 bits per heavy atom. The molecule has 0 fully saturated rings. The van der Waals surface area contributed by atoms with Gasteiger partial charge in [-0.15, -0.1) is 0 Å². The van der Waals surface area contributed by atoms with Gasteiger partial charge in [-0.2, -0.15) is 0 Å². The quantitative estimate of drug-likeness (QED) is 0.785. The number of carbonyl (C=O) groups is 1. The number of hydrogen-bond acceptors (Lipinski definition) is 5. The molecule has 2 aromatic heterocycles. The molecule has 0 spiro atoms. The summed E-state index contributed by atoms with van der Waals surface area (Å²) in [5.74, 6) is -0.604. The Morgan fingerprint density at radius 3 is 2.75 bits per heavy atom. The third-order valence-corrected chi connectivity index (χ3v) is 2.79. The molecule has 0 amide bonds. The van der Waals surface area contributed by atoms with Crippen LogP contribution in [0.5, 0.6) is 0 Å². The summed E-state index contributed by atoms with van der Waals surface area (Å²) < 4.78 is 0. The number of carboxylic acids is 1. The number of nitrogens with one attached hydrogen (secondary N) is 1. The SMILES string of the molecule is CCCCNc1ncc(C(=O)O)c(-c2ccncc2)n1. The molecule has 2 heterocycles. The fraction of sp³-hybridized carbons (Fsp3) is 0.286. The molecule has 0 radical (unpaired) electrons. The molecule has 0 aliphatic rings.